The lowest BCUT2D eigenvalue weighted by Gasteiger charge is -2.33. The zero-order chi connectivity index (χ0) is 14.8. The van der Waals surface area contributed by atoms with Crippen LogP contribution in [0.3, 0.4) is 0 Å². The van der Waals surface area contributed by atoms with Crippen LogP contribution in [0.4, 0.5) is 0 Å². The van der Waals surface area contributed by atoms with E-state index in [4.69, 9.17) is 9.15 Å². The van der Waals surface area contributed by atoms with Gasteiger partial charge < -0.3 is 9.15 Å². The second-order valence-corrected chi connectivity index (χ2v) is 6.99. The molecule has 1 aromatic heterocycles. The number of hydrogen-bond acceptors (Lipinski definition) is 4. The van der Waals surface area contributed by atoms with Crippen molar-refractivity contribution in [2.75, 3.05) is 25.5 Å². The minimum absolute atomic E-state index is 0.0369. The van der Waals surface area contributed by atoms with Gasteiger partial charge >= 0.3 is 0 Å². The van der Waals surface area contributed by atoms with E-state index in [0.717, 1.165) is 12.2 Å². The van der Waals surface area contributed by atoms with E-state index in [-0.39, 0.29) is 11.8 Å². The minimum atomic E-state index is -3.38. The highest BCUT2D eigenvalue weighted by Crippen LogP contribution is 2.29. The summed E-state index contributed by atoms with van der Waals surface area (Å²) < 4.78 is 37.4. The Bertz CT molecular complexity index is 576. The standard InChI is InChI=1S/C14H21NO4S/c1-4-12-5-6-14(19-12)13-9-18-8-7-15(13)20(16,17)10-11(2)3/h5-6,13H,2,4,7-10H2,1,3H3/t13-/m0/s1. The highest BCUT2D eigenvalue weighted by atomic mass is 32.2. The summed E-state index contributed by atoms with van der Waals surface area (Å²) in [5.74, 6) is 1.46. The molecule has 0 saturated carbocycles. The van der Waals surface area contributed by atoms with Gasteiger partial charge in [-0.2, -0.15) is 4.31 Å². The van der Waals surface area contributed by atoms with Crippen LogP contribution in [0.1, 0.15) is 31.4 Å². The van der Waals surface area contributed by atoms with Crippen LogP contribution in [0.15, 0.2) is 28.7 Å². The average molecular weight is 299 g/mol. The summed E-state index contributed by atoms with van der Waals surface area (Å²) in [6, 6.07) is 3.34. The molecular weight excluding hydrogens is 278 g/mol. The number of rotatable bonds is 5. The Kier molecular flexibility index (Phi) is 4.67. The Hall–Kier alpha value is -1.11. The molecule has 0 spiro atoms. The number of hydrogen-bond donors (Lipinski definition) is 0. The summed E-state index contributed by atoms with van der Waals surface area (Å²) in [5, 5.41) is 0. The van der Waals surface area contributed by atoms with Crippen molar-refractivity contribution in [3.8, 4) is 0 Å². The molecule has 1 atom stereocenters. The minimum Gasteiger partial charge on any atom is -0.464 e. The van der Waals surface area contributed by atoms with Crippen molar-refractivity contribution in [2.45, 2.75) is 26.3 Å². The van der Waals surface area contributed by atoms with E-state index in [1.165, 1.54) is 4.31 Å². The Morgan fingerprint density at radius 2 is 2.25 bits per heavy atom. The topological polar surface area (TPSA) is 59.8 Å². The fraction of sp³-hybridized carbons (Fsp3) is 0.571. The molecule has 1 saturated heterocycles. The fourth-order valence-electron chi connectivity index (χ4n) is 2.30. The SMILES string of the molecule is C=C(C)CS(=O)(=O)N1CCOC[C@H]1c1ccc(CC)o1. The van der Waals surface area contributed by atoms with E-state index in [1.807, 2.05) is 19.1 Å². The highest BCUT2D eigenvalue weighted by molar-refractivity contribution is 7.89. The van der Waals surface area contributed by atoms with Crippen molar-refractivity contribution in [1.82, 2.24) is 4.31 Å². The maximum absolute atomic E-state index is 12.4. The zero-order valence-corrected chi connectivity index (χ0v) is 12.8. The molecule has 1 fully saturated rings. The third-order valence-electron chi connectivity index (χ3n) is 3.22. The Balaban J connectivity index is 2.27. The molecule has 0 aliphatic carbocycles. The van der Waals surface area contributed by atoms with Crippen molar-refractivity contribution >= 4 is 10.0 Å². The van der Waals surface area contributed by atoms with Crippen molar-refractivity contribution in [2.24, 2.45) is 0 Å². The number of aryl methyl sites for hydroxylation is 1. The Labute approximate surface area is 120 Å². The molecule has 2 rings (SSSR count). The van der Waals surface area contributed by atoms with E-state index in [2.05, 4.69) is 6.58 Å². The molecule has 112 valence electrons. The predicted molar refractivity (Wildman–Crippen MR) is 77.0 cm³/mol. The average Bonchev–Trinajstić information content (AvgIpc) is 2.86. The number of nitrogens with zero attached hydrogens (tertiary/aromatic N) is 1. The lowest BCUT2D eigenvalue weighted by molar-refractivity contribution is 0.0242. The van der Waals surface area contributed by atoms with Crippen LogP contribution in [-0.4, -0.2) is 38.2 Å². The first-order valence-corrected chi connectivity index (χ1v) is 8.35. The lowest BCUT2D eigenvalue weighted by Crippen LogP contribution is -2.44. The number of sulfonamides is 1. The van der Waals surface area contributed by atoms with Gasteiger partial charge in [0.2, 0.25) is 10.0 Å². The molecule has 1 aliphatic heterocycles. The highest BCUT2D eigenvalue weighted by Gasteiger charge is 2.35. The quantitative estimate of drug-likeness (QED) is 0.781. The maximum atomic E-state index is 12.4. The predicted octanol–water partition coefficient (Wildman–Crippen LogP) is 2.12. The summed E-state index contributed by atoms with van der Waals surface area (Å²) in [5.41, 5.74) is 0.629. The molecule has 5 nitrogen and oxygen atoms in total. The summed E-state index contributed by atoms with van der Waals surface area (Å²) in [4.78, 5) is 0. The second-order valence-electron chi connectivity index (χ2n) is 5.07. The molecule has 0 unspecified atom stereocenters. The number of furan rings is 1. The first-order valence-electron chi connectivity index (χ1n) is 6.74. The summed E-state index contributed by atoms with van der Waals surface area (Å²) >= 11 is 0. The van der Waals surface area contributed by atoms with Crippen molar-refractivity contribution in [3.63, 3.8) is 0 Å². The second kappa shape index (κ2) is 6.11. The van der Waals surface area contributed by atoms with Gasteiger partial charge in [-0.25, -0.2) is 8.42 Å². The van der Waals surface area contributed by atoms with Gasteiger partial charge in [0.1, 0.15) is 17.6 Å². The van der Waals surface area contributed by atoms with E-state index >= 15 is 0 Å². The first kappa shape index (κ1) is 15.3. The van der Waals surface area contributed by atoms with Gasteiger partial charge in [-0.1, -0.05) is 19.1 Å². The summed E-state index contributed by atoms with van der Waals surface area (Å²) in [6.07, 6.45) is 0.784. The van der Waals surface area contributed by atoms with Gasteiger partial charge in [-0.3, -0.25) is 0 Å². The van der Waals surface area contributed by atoms with Gasteiger partial charge in [-0.15, -0.1) is 0 Å². The van der Waals surface area contributed by atoms with Crippen LogP contribution in [0.25, 0.3) is 0 Å². The molecule has 0 N–H and O–H groups in total. The van der Waals surface area contributed by atoms with Crippen molar-refractivity contribution in [3.05, 3.63) is 35.8 Å². The number of ether oxygens (including phenoxy) is 1. The van der Waals surface area contributed by atoms with Gasteiger partial charge in [0.15, 0.2) is 0 Å². The molecule has 0 radical (unpaired) electrons. The van der Waals surface area contributed by atoms with E-state index in [1.54, 1.807) is 6.92 Å². The van der Waals surface area contributed by atoms with Crippen molar-refractivity contribution in [1.29, 1.82) is 0 Å². The van der Waals surface area contributed by atoms with Crippen LogP contribution >= 0.6 is 0 Å². The van der Waals surface area contributed by atoms with Crippen LogP contribution in [0.5, 0.6) is 0 Å². The largest absolute Gasteiger partial charge is 0.464 e. The molecule has 0 amide bonds. The molecule has 1 aliphatic rings. The summed E-state index contributed by atoms with van der Waals surface area (Å²) in [7, 11) is -3.38. The van der Waals surface area contributed by atoms with Crippen LogP contribution in [0.2, 0.25) is 0 Å². The van der Waals surface area contributed by atoms with Crippen LogP contribution in [0, 0.1) is 0 Å². The van der Waals surface area contributed by atoms with Crippen LogP contribution in [-0.2, 0) is 21.2 Å². The number of morpholine rings is 1. The summed E-state index contributed by atoms with van der Waals surface area (Å²) in [6.45, 7) is 8.49. The smallest absolute Gasteiger partial charge is 0.218 e. The Morgan fingerprint density at radius 3 is 2.85 bits per heavy atom. The van der Waals surface area contributed by atoms with Gasteiger partial charge in [0, 0.05) is 13.0 Å². The van der Waals surface area contributed by atoms with E-state index < -0.39 is 10.0 Å². The molecule has 20 heavy (non-hydrogen) atoms. The van der Waals surface area contributed by atoms with Gasteiger partial charge in [0.05, 0.1) is 19.0 Å². The molecular formula is C14H21NO4S. The fourth-order valence-corrected chi connectivity index (χ4v) is 4.00. The van der Waals surface area contributed by atoms with Gasteiger partial charge in [-0.05, 0) is 19.1 Å². The lowest BCUT2D eigenvalue weighted by atomic mass is 10.2. The van der Waals surface area contributed by atoms with Crippen LogP contribution < -0.4 is 0 Å². The monoisotopic (exact) mass is 299 g/mol. The van der Waals surface area contributed by atoms with E-state index in [0.29, 0.717) is 31.1 Å². The molecule has 0 bridgehead atoms. The third kappa shape index (κ3) is 3.31. The van der Waals surface area contributed by atoms with Crippen molar-refractivity contribution < 1.29 is 17.6 Å². The molecule has 2 heterocycles. The van der Waals surface area contributed by atoms with E-state index in [9.17, 15) is 8.42 Å². The third-order valence-corrected chi connectivity index (χ3v) is 5.23. The van der Waals surface area contributed by atoms with Gasteiger partial charge in [0.25, 0.3) is 0 Å². The maximum Gasteiger partial charge on any atom is 0.218 e. The zero-order valence-electron chi connectivity index (χ0n) is 12.0. The molecule has 0 aromatic carbocycles. The first-order chi connectivity index (χ1) is 9.44. The normalized spacial score (nSPS) is 21.0. The molecule has 6 heteroatoms. The Morgan fingerprint density at radius 1 is 1.50 bits per heavy atom. The molecule has 1 aromatic rings.